The molecule has 1 fully saturated rings. The van der Waals surface area contributed by atoms with Crippen LogP contribution in [0.25, 0.3) is 0 Å². The van der Waals surface area contributed by atoms with Gasteiger partial charge in [0.2, 0.25) is 15.9 Å². The third kappa shape index (κ3) is 6.07. The van der Waals surface area contributed by atoms with Gasteiger partial charge in [0, 0.05) is 6.04 Å². The fourth-order valence-corrected chi connectivity index (χ4v) is 4.38. The molecule has 1 aromatic rings. The first-order valence-corrected chi connectivity index (χ1v) is 10.7. The number of aliphatic hydroxyl groups is 1. The zero-order valence-electron chi connectivity index (χ0n) is 15.7. The van der Waals surface area contributed by atoms with Crippen LogP contribution in [0.2, 0.25) is 0 Å². The number of carbonyl (C=O) groups is 1. The normalized spacial score (nSPS) is 22.2. The molecule has 3 N–H and O–H groups in total. The van der Waals surface area contributed by atoms with E-state index in [1.54, 1.807) is 24.3 Å². The first-order chi connectivity index (χ1) is 12.2. The third-order valence-electron chi connectivity index (χ3n) is 4.70. The lowest BCUT2D eigenvalue weighted by molar-refractivity contribution is -0.124. The maximum Gasteiger partial charge on any atom is 0.241 e. The fourth-order valence-electron chi connectivity index (χ4n) is 3.17. The number of benzene rings is 1. The summed E-state index contributed by atoms with van der Waals surface area (Å²) in [5.74, 6) is -0.129. The molecule has 1 aliphatic rings. The zero-order valence-corrected chi connectivity index (χ0v) is 16.6. The largest absolute Gasteiger partial charge is 0.393 e. The highest BCUT2D eigenvalue weighted by atomic mass is 32.2. The molecular formula is C19H30N2O4S. The number of aliphatic hydroxyl groups excluding tert-OH is 1. The monoisotopic (exact) mass is 382 g/mol. The molecule has 1 unspecified atom stereocenters. The molecule has 146 valence electrons. The van der Waals surface area contributed by atoms with Crippen molar-refractivity contribution in [1.82, 2.24) is 10.0 Å². The Kier molecular flexibility index (Phi) is 7.20. The van der Waals surface area contributed by atoms with Crippen LogP contribution in [0.1, 0.15) is 51.5 Å². The number of amides is 1. The van der Waals surface area contributed by atoms with Crippen LogP contribution in [0.4, 0.5) is 0 Å². The summed E-state index contributed by atoms with van der Waals surface area (Å²) >= 11 is 0. The molecule has 1 saturated carbocycles. The smallest absolute Gasteiger partial charge is 0.241 e. The van der Waals surface area contributed by atoms with Crippen molar-refractivity contribution in [2.75, 3.05) is 0 Å². The van der Waals surface area contributed by atoms with Crippen molar-refractivity contribution in [3.05, 3.63) is 29.8 Å². The quantitative estimate of drug-likeness (QED) is 0.673. The highest BCUT2D eigenvalue weighted by molar-refractivity contribution is 7.89. The van der Waals surface area contributed by atoms with Gasteiger partial charge >= 0.3 is 0 Å². The van der Waals surface area contributed by atoms with Crippen molar-refractivity contribution in [3.8, 4) is 0 Å². The maximum absolute atomic E-state index is 12.7. The van der Waals surface area contributed by atoms with Crippen LogP contribution >= 0.6 is 0 Å². The van der Waals surface area contributed by atoms with Gasteiger partial charge in [-0.05, 0) is 57.1 Å². The van der Waals surface area contributed by atoms with Gasteiger partial charge in [-0.2, -0.15) is 4.72 Å². The average Bonchev–Trinajstić information content (AvgIpc) is 2.56. The minimum absolute atomic E-state index is 0.00978. The number of rotatable bonds is 7. The molecule has 1 amide bonds. The standard InChI is InChI=1S/C19H30N2O4S/c1-13(2)12-18(19(23)20-15-6-8-16(22)9-7-15)21-26(24,25)17-10-4-14(3)5-11-17/h4-5,10-11,13,15-16,18,21-22H,6-9,12H2,1-3H3,(H,20,23). The van der Waals surface area contributed by atoms with E-state index in [2.05, 4.69) is 10.0 Å². The van der Waals surface area contributed by atoms with Gasteiger partial charge in [0.05, 0.1) is 11.0 Å². The molecule has 0 bridgehead atoms. The highest BCUT2D eigenvalue weighted by Gasteiger charge is 2.29. The summed E-state index contributed by atoms with van der Waals surface area (Å²) in [5.41, 5.74) is 0.972. The second kappa shape index (κ2) is 8.97. The Morgan fingerprint density at radius 1 is 1.15 bits per heavy atom. The summed E-state index contributed by atoms with van der Waals surface area (Å²) in [4.78, 5) is 12.8. The van der Waals surface area contributed by atoms with Gasteiger partial charge < -0.3 is 10.4 Å². The summed E-state index contributed by atoms with van der Waals surface area (Å²) in [6.07, 6.45) is 2.88. The number of carbonyl (C=O) groups excluding carboxylic acids is 1. The first kappa shape index (κ1) is 20.9. The molecule has 7 heteroatoms. The lowest BCUT2D eigenvalue weighted by atomic mass is 9.92. The maximum atomic E-state index is 12.7. The Bertz CT molecular complexity index is 693. The van der Waals surface area contributed by atoms with Crippen LogP contribution < -0.4 is 10.0 Å². The number of nitrogens with one attached hydrogen (secondary N) is 2. The van der Waals surface area contributed by atoms with E-state index in [4.69, 9.17) is 0 Å². The topological polar surface area (TPSA) is 95.5 Å². The first-order valence-electron chi connectivity index (χ1n) is 9.25. The lowest BCUT2D eigenvalue weighted by Gasteiger charge is -2.28. The third-order valence-corrected chi connectivity index (χ3v) is 6.18. The van der Waals surface area contributed by atoms with Crippen molar-refractivity contribution in [3.63, 3.8) is 0 Å². The molecule has 0 heterocycles. The molecule has 0 radical (unpaired) electrons. The molecule has 2 rings (SSSR count). The minimum Gasteiger partial charge on any atom is -0.393 e. The van der Waals surface area contributed by atoms with E-state index < -0.39 is 16.1 Å². The van der Waals surface area contributed by atoms with Crippen LogP contribution in [-0.4, -0.2) is 37.6 Å². The molecule has 1 aliphatic carbocycles. The molecule has 0 aromatic heterocycles. The summed E-state index contributed by atoms with van der Waals surface area (Å²) < 4.78 is 27.9. The van der Waals surface area contributed by atoms with Crippen LogP contribution in [0.15, 0.2) is 29.2 Å². The van der Waals surface area contributed by atoms with Crippen LogP contribution in [0, 0.1) is 12.8 Å². The molecule has 6 nitrogen and oxygen atoms in total. The average molecular weight is 383 g/mol. The van der Waals surface area contributed by atoms with Crippen molar-refractivity contribution < 1.29 is 18.3 Å². The van der Waals surface area contributed by atoms with E-state index in [9.17, 15) is 18.3 Å². The molecule has 1 aromatic carbocycles. The predicted octanol–water partition coefficient (Wildman–Crippen LogP) is 2.11. The Hall–Kier alpha value is -1.44. The molecule has 0 saturated heterocycles. The molecule has 26 heavy (non-hydrogen) atoms. The highest BCUT2D eigenvalue weighted by Crippen LogP contribution is 2.19. The van der Waals surface area contributed by atoms with Crippen molar-refractivity contribution in [1.29, 1.82) is 0 Å². The number of sulfonamides is 1. The van der Waals surface area contributed by atoms with Crippen molar-refractivity contribution in [2.45, 2.75) is 76.0 Å². The summed E-state index contributed by atoms with van der Waals surface area (Å²) in [5, 5.41) is 12.5. The Morgan fingerprint density at radius 3 is 2.27 bits per heavy atom. The Balaban J connectivity index is 2.08. The van der Waals surface area contributed by atoms with Gasteiger partial charge in [0.25, 0.3) is 0 Å². The van der Waals surface area contributed by atoms with E-state index in [1.807, 2.05) is 20.8 Å². The van der Waals surface area contributed by atoms with E-state index in [1.165, 1.54) is 0 Å². The van der Waals surface area contributed by atoms with Crippen molar-refractivity contribution >= 4 is 15.9 Å². The SMILES string of the molecule is Cc1ccc(S(=O)(=O)NC(CC(C)C)C(=O)NC2CCC(O)CC2)cc1. The van der Waals surface area contributed by atoms with Gasteiger partial charge in [-0.3, -0.25) is 4.79 Å². The fraction of sp³-hybridized carbons (Fsp3) is 0.632. The number of hydrogen-bond donors (Lipinski definition) is 3. The minimum atomic E-state index is -3.77. The zero-order chi connectivity index (χ0) is 19.3. The van der Waals surface area contributed by atoms with Gasteiger partial charge in [0.1, 0.15) is 6.04 Å². The van der Waals surface area contributed by atoms with Crippen LogP contribution in [-0.2, 0) is 14.8 Å². The van der Waals surface area contributed by atoms with Gasteiger partial charge in [-0.15, -0.1) is 0 Å². The van der Waals surface area contributed by atoms with E-state index in [0.717, 1.165) is 5.56 Å². The number of hydrogen-bond acceptors (Lipinski definition) is 4. The van der Waals surface area contributed by atoms with E-state index in [0.29, 0.717) is 32.1 Å². The van der Waals surface area contributed by atoms with E-state index >= 15 is 0 Å². The number of aryl methyl sites for hydroxylation is 1. The van der Waals surface area contributed by atoms with Crippen LogP contribution in [0.3, 0.4) is 0 Å². The van der Waals surface area contributed by atoms with Gasteiger partial charge in [0.15, 0.2) is 0 Å². The molecular weight excluding hydrogens is 352 g/mol. The van der Waals surface area contributed by atoms with Crippen LogP contribution in [0.5, 0.6) is 0 Å². The second-order valence-electron chi connectivity index (χ2n) is 7.63. The lowest BCUT2D eigenvalue weighted by Crippen LogP contribution is -2.50. The van der Waals surface area contributed by atoms with Gasteiger partial charge in [-0.1, -0.05) is 31.5 Å². The Morgan fingerprint density at radius 2 is 1.73 bits per heavy atom. The molecule has 0 aliphatic heterocycles. The van der Waals surface area contributed by atoms with E-state index in [-0.39, 0.29) is 28.9 Å². The Labute approximate surface area is 156 Å². The van der Waals surface area contributed by atoms with Gasteiger partial charge in [-0.25, -0.2) is 8.42 Å². The summed E-state index contributed by atoms with van der Waals surface area (Å²) in [6.45, 7) is 5.80. The summed E-state index contributed by atoms with van der Waals surface area (Å²) in [7, 11) is -3.77. The van der Waals surface area contributed by atoms with Crippen molar-refractivity contribution in [2.24, 2.45) is 5.92 Å². The second-order valence-corrected chi connectivity index (χ2v) is 9.34. The summed E-state index contributed by atoms with van der Waals surface area (Å²) in [6, 6.07) is 5.74. The predicted molar refractivity (Wildman–Crippen MR) is 101 cm³/mol. The molecule has 0 spiro atoms. The molecule has 1 atom stereocenters.